The lowest BCUT2D eigenvalue weighted by molar-refractivity contribution is -0.124. The summed E-state index contributed by atoms with van der Waals surface area (Å²) in [5.41, 5.74) is 1.54. The Balaban J connectivity index is 1.60. The van der Waals surface area contributed by atoms with E-state index >= 15 is 0 Å². The first-order valence-corrected chi connectivity index (χ1v) is 7.21. The molecule has 1 unspecified atom stereocenters. The zero-order chi connectivity index (χ0) is 15.4. The summed E-state index contributed by atoms with van der Waals surface area (Å²) in [6, 6.07) is 10.7. The van der Waals surface area contributed by atoms with Gasteiger partial charge in [-0.1, -0.05) is 0 Å². The minimum atomic E-state index is -0.334. The lowest BCUT2D eigenvalue weighted by Gasteiger charge is -2.11. The van der Waals surface area contributed by atoms with Crippen molar-refractivity contribution in [2.45, 2.75) is 25.9 Å². The molecule has 1 saturated heterocycles. The van der Waals surface area contributed by atoms with Gasteiger partial charge in [0.2, 0.25) is 5.88 Å². The van der Waals surface area contributed by atoms with Gasteiger partial charge in [-0.25, -0.2) is 0 Å². The SMILES string of the molecule is Cc1ccc(Oc2ccc(NC(=O)C3CCCO3)cc2)nn1. The molecule has 1 aliphatic heterocycles. The molecule has 0 spiro atoms. The first-order chi connectivity index (χ1) is 10.7. The van der Waals surface area contributed by atoms with Gasteiger partial charge in [0, 0.05) is 18.4 Å². The van der Waals surface area contributed by atoms with Crippen LogP contribution in [-0.2, 0) is 9.53 Å². The van der Waals surface area contributed by atoms with Gasteiger partial charge >= 0.3 is 0 Å². The molecule has 3 rings (SSSR count). The summed E-state index contributed by atoms with van der Waals surface area (Å²) in [6.45, 7) is 2.52. The predicted molar refractivity (Wildman–Crippen MR) is 80.9 cm³/mol. The third-order valence-corrected chi connectivity index (χ3v) is 3.34. The van der Waals surface area contributed by atoms with Gasteiger partial charge in [-0.15, -0.1) is 5.10 Å². The molecule has 0 aliphatic carbocycles. The monoisotopic (exact) mass is 299 g/mol. The molecule has 114 valence electrons. The molecule has 1 aromatic carbocycles. The highest BCUT2D eigenvalue weighted by atomic mass is 16.5. The van der Waals surface area contributed by atoms with E-state index in [0.29, 0.717) is 23.9 Å². The van der Waals surface area contributed by atoms with E-state index in [1.807, 2.05) is 13.0 Å². The van der Waals surface area contributed by atoms with E-state index in [0.717, 1.165) is 18.5 Å². The van der Waals surface area contributed by atoms with Crippen LogP contribution in [0.15, 0.2) is 36.4 Å². The zero-order valence-electron chi connectivity index (χ0n) is 12.3. The van der Waals surface area contributed by atoms with Crippen molar-refractivity contribution in [2.75, 3.05) is 11.9 Å². The average molecular weight is 299 g/mol. The minimum absolute atomic E-state index is 0.101. The number of carbonyl (C=O) groups is 1. The predicted octanol–water partition coefficient (Wildman–Crippen LogP) is 2.69. The van der Waals surface area contributed by atoms with Crippen LogP contribution in [0.2, 0.25) is 0 Å². The molecular formula is C16H17N3O3. The summed E-state index contributed by atoms with van der Waals surface area (Å²) in [5.74, 6) is 0.963. The smallest absolute Gasteiger partial charge is 0.253 e. The van der Waals surface area contributed by atoms with Gasteiger partial charge in [0.25, 0.3) is 5.91 Å². The Morgan fingerprint density at radius 2 is 2.05 bits per heavy atom. The van der Waals surface area contributed by atoms with E-state index in [2.05, 4.69) is 15.5 Å². The van der Waals surface area contributed by atoms with Crippen LogP contribution in [0.5, 0.6) is 11.6 Å². The highest BCUT2D eigenvalue weighted by molar-refractivity contribution is 5.94. The number of carbonyl (C=O) groups excluding carboxylic acids is 1. The van der Waals surface area contributed by atoms with Gasteiger partial charge in [-0.2, -0.15) is 5.10 Å². The normalized spacial score (nSPS) is 17.2. The highest BCUT2D eigenvalue weighted by Gasteiger charge is 2.23. The summed E-state index contributed by atoms with van der Waals surface area (Å²) in [5, 5.41) is 10.7. The summed E-state index contributed by atoms with van der Waals surface area (Å²) in [6.07, 6.45) is 1.38. The van der Waals surface area contributed by atoms with Gasteiger partial charge in [0.15, 0.2) is 0 Å². The molecule has 0 radical (unpaired) electrons. The molecule has 1 atom stereocenters. The van der Waals surface area contributed by atoms with Crippen molar-refractivity contribution >= 4 is 11.6 Å². The van der Waals surface area contributed by atoms with E-state index in [1.165, 1.54) is 0 Å². The number of aryl methyl sites for hydroxylation is 1. The Kier molecular flexibility index (Phi) is 4.29. The highest BCUT2D eigenvalue weighted by Crippen LogP contribution is 2.22. The van der Waals surface area contributed by atoms with Crippen LogP contribution < -0.4 is 10.1 Å². The maximum Gasteiger partial charge on any atom is 0.253 e. The Morgan fingerprint density at radius 1 is 1.23 bits per heavy atom. The van der Waals surface area contributed by atoms with Crippen LogP contribution in [0.4, 0.5) is 5.69 Å². The fourth-order valence-corrected chi connectivity index (χ4v) is 2.18. The molecule has 6 nitrogen and oxygen atoms in total. The van der Waals surface area contributed by atoms with Crippen molar-refractivity contribution in [3.8, 4) is 11.6 Å². The lowest BCUT2D eigenvalue weighted by atomic mass is 10.2. The summed E-state index contributed by atoms with van der Waals surface area (Å²) in [7, 11) is 0. The van der Waals surface area contributed by atoms with E-state index in [4.69, 9.17) is 9.47 Å². The number of nitrogens with one attached hydrogen (secondary N) is 1. The number of rotatable bonds is 4. The summed E-state index contributed by atoms with van der Waals surface area (Å²) in [4.78, 5) is 11.9. The fourth-order valence-electron chi connectivity index (χ4n) is 2.18. The van der Waals surface area contributed by atoms with Crippen molar-refractivity contribution in [3.63, 3.8) is 0 Å². The first-order valence-electron chi connectivity index (χ1n) is 7.21. The molecule has 22 heavy (non-hydrogen) atoms. The van der Waals surface area contributed by atoms with E-state index in [1.54, 1.807) is 30.3 Å². The molecule has 1 aromatic heterocycles. The van der Waals surface area contributed by atoms with E-state index in [-0.39, 0.29) is 12.0 Å². The number of nitrogens with zero attached hydrogens (tertiary/aromatic N) is 2. The second-order valence-electron chi connectivity index (χ2n) is 5.13. The number of amides is 1. The maximum absolute atomic E-state index is 11.9. The largest absolute Gasteiger partial charge is 0.438 e. The van der Waals surface area contributed by atoms with Crippen LogP contribution in [-0.4, -0.2) is 28.8 Å². The van der Waals surface area contributed by atoms with Crippen LogP contribution in [0.25, 0.3) is 0 Å². The Bertz CT molecular complexity index is 635. The van der Waals surface area contributed by atoms with E-state index in [9.17, 15) is 4.79 Å². The van der Waals surface area contributed by atoms with E-state index < -0.39 is 0 Å². The number of hydrogen-bond acceptors (Lipinski definition) is 5. The minimum Gasteiger partial charge on any atom is -0.438 e. The Labute approximate surface area is 128 Å². The van der Waals surface area contributed by atoms with Crippen LogP contribution in [0.3, 0.4) is 0 Å². The quantitative estimate of drug-likeness (QED) is 0.939. The van der Waals surface area contributed by atoms with Crippen molar-refractivity contribution in [2.24, 2.45) is 0 Å². The molecule has 2 heterocycles. The second kappa shape index (κ2) is 6.53. The third kappa shape index (κ3) is 3.59. The summed E-state index contributed by atoms with van der Waals surface area (Å²) >= 11 is 0. The summed E-state index contributed by atoms with van der Waals surface area (Å²) < 4.78 is 10.9. The molecule has 0 bridgehead atoms. The maximum atomic E-state index is 11.9. The lowest BCUT2D eigenvalue weighted by Crippen LogP contribution is -2.26. The third-order valence-electron chi connectivity index (χ3n) is 3.34. The molecular weight excluding hydrogens is 282 g/mol. The van der Waals surface area contributed by atoms with Gasteiger partial charge in [0.1, 0.15) is 11.9 Å². The molecule has 1 fully saturated rings. The fraction of sp³-hybridized carbons (Fsp3) is 0.312. The van der Waals surface area contributed by atoms with Gasteiger partial charge in [-0.05, 0) is 50.1 Å². The Hall–Kier alpha value is -2.47. The molecule has 1 amide bonds. The van der Waals surface area contributed by atoms with Crippen molar-refractivity contribution in [3.05, 3.63) is 42.1 Å². The molecule has 6 heteroatoms. The van der Waals surface area contributed by atoms with Crippen molar-refractivity contribution in [1.29, 1.82) is 0 Å². The van der Waals surface area contributed by atoms with Gasteiger partial charge in [0.05, 0.1) is 5.69 Å². The Morgan fingerprint density at radius 3 is 2.68 bits per heavy atom. The zero-order valence-corrected chi connectivity index (χ0v) is 12.3. The van der Waals surface area contributed by atoms with Crippen LogP contribution >= 0.6 is 0 Å². The molecule has 1 aliphatic rings. The van der Waals surface area contributed by atoms with Crippen molar-refractivity contribution in [1.82, 2.24) is 10.2 Å². The number of aromatic nitrogens is 2. The average Bonchev–Trinajstić information content (AvgIpc) is 3.06. The van der Waals surface area contributed by atoms with Crippen molar-refractivity contribution < 1.29 is 14.3 Å². The molecule has 0 saturated carbocycles. The van der Waals surface area contributed by atoms with Gasteiger partial charge < -0.3 is 14.8 Å². The number of benzene rings is 1. The first kappa shape index (κ1) is 14.5. The number of anilines is 1. The van der Waals surface area contributed by atoms with Crippen LogP contribution in [0.1, 0.15) is 18.5 Å². The molecule has 1 N–H and O–H groups in total. The molecule has 2 aromatic rings. The topological polar surface area (TPSA) is 73.3 Å². The number of ether oxygens (including phenoxy) is 2. The number of hydrogen-bond donors (Lipinski definition) is 1. The van der Waals surface area contributed by atoms with Crippen LogP contribution in [0, 0.1) is 6.92 Å². The standard InChI is InChI=1S/C16H17N3O3/c1-11-4-9-15(19-18-11)22-13-7-5-12(6-8-13)17-16(20)14-3-2-10-21-14/h4-9,14H,2-3,10H2,1H3,(H,17,20). The van der Waals surface area contributed by atoms with Gasteiger partial charge in [-0.3, -0.25) is 4.79 Å². The second-order valence-corrected chi connectivity index (χ2v) is 5.13.